The van der Waals surface area contributed by atoms with Gasteiger partial charge in [0.05, 0.1) is 19.4 Å². The molecule has 9 heteroatoms. The van der Waals surface area contributed by atoms with E-state index in [1.54, 1.807) is 36.3 Å². The van der Waals surface area contributed by atoms with E-state index in [4.69, 9.17) is 26.1 Å². The average Bonchev–Trinajstić information content (AvgIpc) is 3.18. The van der Waals surface area contributed by atoms with E-state index in [-0.39, 0.29) is 18.2 Å². The maximum Gasteiger partial charge on any atom is 0.242 e. The highest BCUT2D eigenvalue weighted by Gasteiger charge is 2.39. The fraction of sp³-hybridized carbons (Fsp3) is 0.250. The molecule has 1 atom stereocenters. The average molecular weight is 538 g/mol. The van der Waals surface area contributed by atoms with Crippen molar-refractivity contribution in [3.63, 3.8) is 0 Å². The Kier molecular flexibility index (Phi) is 9.09. The number of nitrogens with zero attached hydrogens (tertiary/aromatic N) is 2. The lowest BCUT2D eigenvalue weighted by atomic mass is 10.1. The first-order valence-electron chi connectivity index (χ1n) is 11.9. The number of benzene rings is 3. The summed E-state index contributed by atoms with van der Waals surface area (Å²) in [6.45, 7) is 2.93. The summed E-state index contributed by atoms with van der Waals surface area (Å²) in [5.74, 6) is 1.09. The van der Waals surface area contributed by atoms with Crippen LogP contribution >= 0.6 is 23.4 Å². The predicted molar refractivity (Wildman–Crippen MR) is 149 cm³/mol. The Morgan fingerprint density at radius 1 is 1.03 bits per heavy atom. The van der Waals surface area contributed by atoms with Gasteiger partial charge in [-0.3, -0.25) is 14.5 Å². The second-order valence-corrected chi connectivity index (χ2v) is 9.88. The lowest BCUT2D eigenvalue weighted by Crippen LogP contribution is -2.35. The molecule has 7 nitrogen and oxygen atoms in total. The number of amides is 2. The number of rotatable bonds is 10. The van der Waals surface area contributed by atoms with Gasteiger partial charge in [-0.25, -0.2) is 4.99 Å². The number of carbonyl (C=O) groups is 2. The number of halogens is 1. The van der Waals surface area contributed by atoms with Crippen LogP contribution in [0.4, 0.5) is 11.4 Å². The van der Waals surface area contributed by atoms with Gasteiger partial charge in [0.2, 0.25) is 11.8 Å². The number of methoxy groups -OCH3 is 1. The van der Waals surface area contributed by atoms with E-state index < -0.39 is 5.25 Å². The first kappa shape index (κ1) is 26.6. The van der Waals surface area contributed by atoms with Crippen LogP contribution in [0.2, 0.25) is 5.02 Å². The largest absolute Gasteiger partial charge is 0.497 e. The summed E-state index contributed by atoms with van der Waals surface area (Å²) in [6, 6.07) is 22.0. The van der Waals surface area contributed by atoms with Crippen molar-refractivity contribution in [1.29, 1.82) is 0 Å². The number of hydrogen-bond acceptors (Lipinski definition) is 6. The van der Waals surface area contributed by atoms with Crippen LogP contribution in [-0.2, 0) is 16.0 Å². The first-order chi connectivity index (χ1) is 17.9. The highest BCUT2D eigenvalue weighted by molar-refractivity contribution is 8.15. The summed E-state index contributed by atoms with van der Waals surface area (Å²) in [7, 11) is 1.61. The fourth-order valence-corrected chi connectivity index (χ4v) is 5.08. The zero-order valence-electron chi connectivity index (χ0n) is 20.6. The molecule has 0 aliphatic carbocycles. The molecule has 37 heavy (non-hydrogen) atoms. The molecule has 0 spiro atoms. The van der Waals surface area contributed by atoms with Crippen molar-refractivity contribution in [1.82, 2.24) is 4.90 Å². The van der Waals surface area contributed by atoms with E-state index in [1.807, 2.05) is 55.5 Å². The number of aliphatic imine (C=N–C) groups is 1. The molecule has 192 valence electrons. The summed E-state index contributed by atoms with van der Waals surface area (Å²) < 4.78 is 10.7. The minimum atomic E-state index is -0.565. The van der Waals surface area contributed by atoms with Crippen LogP contribution < -0.4 is 14.8 Å². The Morgan fingerprint density at radius 3 is 2.35 bits per heavy atom. The van der Waals surface area contributed by atoms with Crippen molar-refractivity contribution in [3.8, 4) is 11.5 Å². The van der Waals surface area contributed by atoms with Gasteiger partial charge >= 0.3 is 0 Å². The minimum absolute atomic E-state index is 0.0375. The number of carbonyl (C=O) groups excluding carboxylic acids is 2. The maximum atomic E-state index is 13.4. The molecule has 1 N–H and O–H groups in total. The van der Waals surface area contributed by atoms with Gasteiger partial charge < -0.3 is 14.8 Å². The zero-order chi connectivity index (χ0) is 26.2. The molecule has 0 saturated carbocycles. The van der Waals surface area contributed by atoms with Gasteiger partial charge in [-0.15, -0.1) is 0 Å². The SMILES string of the molecule is CCOc1ccc(NC(=O)C[C@H]2SC(=Nc3ccc(OC)cc3)N(CCc3ccc(Cl)cc3)C2=O)cc1. The van der Waals surface area contributed by atoms with Gasteiger partial charge in [0.1, 0.15) is 16.7 Å². The Morgan fingerprint density at radius 2 is 1.70 bits per heavy atom. The van der Waals surface area contributed by atoms with Crippen LogP contribution in [0.15, 0.2) is 77.8 Å². The van der Waals surface area contributed by atoms with Crippen LogP contribution in [0, 0.1) is 0 Å². The number of ether oxygens (including phenoxy) is 2. The number of amidine groups is 1. The fourth-order valence-electron chi connectivity index (χ4n) is 3.77. The van der Waals surface area contributed by atoms with E-state index in [0.29, 0.717) is 41.1 Å². The molecule has 0 radical (unpaired) electrons. The zero-order valence-corrected chi connectivity index (χ0v) is 22.2. The van der Waals surface area contributed by atoms with Crippen LogP contribution in [0.25, 0.3) is 0 Å². The smallest absolute Gasteiger partial charge is 0.242 e. The van der Waals surface area contributed by atoms with E-state index in [9.17, 15) is 9.59 Å². The summed E-state index contributed by atoms with van der Waals surface area (Å²) in [6.07, 6.45) is 0.673. The summed E-state index contributed by atoms with van der Waals surface area (Å²) >= 11 is 7.31. The third-order valence-electron chi connectivity index (χ3n) is 5.67. The third kappa shape index (κ3) is 7.27. The number of hydrogen-bond donors (Lipinski definition) is 1. The summed E-state index contributed by atoms with van der Waals surface area (Å²) in [5, 5.41) is 3.54. The molecular formula is C28H28ClN3O4S. The molecular weight excluding hydrogens is 510 g/mol. The normalized spacial score (nSPS) is 16.2. The maximum absolute atomic E-state index is 13.4. The van der Waals surface area contributed by atoms with Crippen molar-refractivity contribution in [2.24, 2.45) is 4.99 Å². The monoisotopic (exact) mass is 537 g/mol. The van der Waals surface area contributed by atoms with Gasteiger partial charge in [-0.2, -0.15) is 0 Å². The summed E-state index contributed by atoms with van der Waals surface area (Å²) in [4.78, 5) is 32.5. The number of nitrogens with one attached hydrogen (secondary N) is 1. The van der Waals surface area contributed by atoms with Crippen molar-refractivity contribution in [2.75, 3.05) is 25.6 Å². The lowest BCUT2D eigenvalue weighted by molar-refractivity contribution is -0.128. The van der Waals surface area contributed by atoms with Gasteiger partial charge in [0.15, 0.2) is 5.17 Å². The topological polar surface area (TPSA) is 80.2 Å². The number of anilines is 1. The van der Waals surface area contributed by atoms with Crippen LogP contribution in [-0.4, -0.2) is 47.4 Å². The highest BCUT2D eigenvalue weighted by Crippen LogP contribution is 2.32. The molecule has 3 aromatic rings. The molecule has 1 aliphatic heterocycles. The molecule has 0 aromatic heterocycles. The van der Waals surface area contributed by atoms with Gasteiger partial charge in [0.25, 0.3) is 0 Å². The molecule has 1 aliphatic rings. The van der Waals surface area contributed by atoms with Crippen LogP contribution in [0.1, 0.15) is 18.9 Å². The third-order valence-corrected chi connectivity index (χ3v) is 7.10. The van der Waals surface area contributed by atoms with Crippen molar-refractivity contribution in [3.05, 3.63) is 83.4 Å². The Balaban J connectivity index is 1.47. The Hall–Kier alpha value is -3.49. The second kappa shape index (κ2) is 12.7. The van der Waals surface area contributed by atoms with Gasteiger partial charge in [-0.1, -0.05) is 35.5 Å². The van der Waals surface area contributed by atoms with E-state index >= 15 is 0 Å². The Labute approximate surface area is 225 Å². The quantitative estimate of drug-likeness (QED) is 0.345. The van der Waals surface area contributed by atoms with E-state index in [2.05, 4.69) is 5.32 Å². The molecule has 4 rings (SSSR count). The van der Waals surface area contributed by atoms with Gasteiger partial charge in [0, 0.05) is 23.7 Å². The molecule has 2 amide bonds. The van der Waals surface area contributed by atoms with E-state index in [0.717, 1.165) is 17.1 Å². The highest BCUT2D eigenvalue weighted by atomic mass is 35.5. The number of thioether (sulfide) groups is 1. The summed E-state index contributed by atoms with van der Waals surface area (Å²) in [5.41, 5.74) is 2.41. The second-order valence-electron chi connectivity index (χ2n) is 8.27. The predicted octanol–water partition coefficient (Wildman–Crippen LogP) is 5.95. The minimum Gasteiger partial charge on any atom is -0.497 e. The molecule has 0 unspecified atom stereocenters. The van der Waals surface area contributed by atoms with Crippen molar-refractivity contribution < 1.29 is 19.1 Å². The molecule has 0 bridgehead atoms. The van der Waals surface area contributed by atoms with Gasteiger partial charge in [-0.05, 0) is 79.6 Å². The van der Waals surface area contributed by atoms with E-state index in [1.165, 1.54) is 11.8 Å². The standard InChI is InChI=1S/C28H28ClN3O4S/c1-3-36-24-14-10-21(11-15-24)30-26(33)18-25-27(34)32(17-16-19-4-6-20(29)7-5-19)28(37-25)31-22-8-12-23(35-2)13-9-22/h4-15,25H,3,16-18H2,1-2H3,(H,30,33)/t25-/m1/s1. The first-order valence-corrected chi connectivity index (χ1v) is 13.2. The molecule has 1 fully saturated rings. The van der Waals surface area contributed by atoms with Crippen LogP contribution in [0.5, 0.6) is 11.5 Å². The Bertz CT molecular complexity index is 1250. The van der Waals surface area contributed by atoms with Crippen molar-refractivity contribution in [2.45, 2.75) is 25.0 Å². The lowest BCUT2D eigenvalue weighted by Gasteiger charge is -2.16. The molecule has 1 heterocycles. The molecule has 1 saturated heterocycles. The molecule has 3 aromatic carbocycles. The van der Waals surface area contributed by atoms with Crippen LogP contribution in [0.3, 0.4) is 0 Å². The van der Waals surface area contributed by atoms with Crippen molar-refractivity contribution >= 4 is 51.7 Å².